The van der Waals surface area contributed by atoms with Crippen molar-refractivity contribution in [3.63, 3.8) is 0 Å². The Kier molecular flexibility index (Phi) is 4.61. The summed E-state index contributed by atoms with van der Waals surface area (Å²) in [5, 5.41) is 13.8. The smallest absolute Gasteiger partial charge is 0.290 e. The Morgan fingerprint density at radius 1 is 1.50 bits per heavy atom. The summed E-state index contributed by atoms with van der Waals surface area (Å²) in [5.74, 6) is 0.620. The van der Waals surface area contributed by atoms with Crippen LogP contribution in [-0.4, -0.2) is 22.0 Å². The number of nitrogens with two attached hydrogens (primary N) is 1. The van der Waals surface area contributed by atoms with Crippen LogP contribution in [0.25, 0.3) is 0 Å². The van der Waals surface area contributed by atoms with Crippen molar-refractivity contribution in [1.82, 2.24) is 4.98 Å². The van der Waals surface area contributed by atoms with Gasteiger partial charge >= 0.3 is 0 Å². The molecule has 3 N–H and O–H groups in total. The molecule has 18 heavy (non-hydrogen) atoms. The molecule has 1 aromatic heterocycles. The van der Waals surface area contributed by atoms with Crippen LogP contribution in [-0.2, 0) is 0 Å². The SMILES string of the molecule is CCC(N)(CC)CNc1cc(C)c([N+](=O)[O-])cn1. The summed E-state index contributed by atoms with van der Waals surface area (Å²) in [7, 11) is 0. The molecule has 0 aliphatic carbocycles. The molecule has 0 bridgehead atoms. The lowest BCUT2D eigenvalue weighted by Gasteiger charge is -2.27. The maximum atomic E-state index is 10.7. The molecule has 1 rings (SSSR count). The zero-order valence-electron chi connectivity index (χ0n) is 11.1. The van der Waals surface area contributed by atoms with Gasteiger partial charge in [0.05, 0.1) is 4.92 Å². The highest BCUT2D eigenvalue weighted by atomic mass is 16.6. The first-order chi connectivity index (χ1) is 8.41. The number of hydrogen-bond donors (Lipinski definition) is 2. The van der Waals surface area contributed by atoms with Crippen LogP contribution in [0, 0.1) is 17.0 Å². The molecule has 0 aliphatic rings. The molecule has 0 atom stereocenters. The molecule has 0 spiro atoms. The van der Waals surface area contributed by atoms with Crippen molar-refractivity contribution in [2.45, 2.75) is 39.2 Å². The number of aryl methyl sites for hydroxylation is 1. The van der Waals surface area contributed by atoms with Crippen molar-refractivity contribution in [3.8, 4) is 0 Å². The number of nitrogens with one attached hydrogen (secondary N) is 1. The fraction of sp³-hybridized carbons (Fsp3) is 0.583. The summed E-state index contributed by atoms with van der Waals surface area (Å²) in [6, 6.07) is 1.67. The maximum Gasteiger partial charge on any atom is 0.290 e. The molecule has 6 heteroatoms. The van der Waals surface area contributed by atoms with Crippen LogP contribution in [0.1, 0.15) is 32.3 Å². The average molecular weight is 252 g/mol. The van der Waals surface area contributed by atoms with Gasteiger partial charge in [0.1, 0.15) is 12.0 Å². The Hall–Kier alpha value is -1.69. The molecule has 0 aromatic carbocycles. The second kappa shape index (κ2) is 5.77. The third-order valence-electron chi connectivity index (χ3n) is 3.31. The zero-order chi connectivity index (χ0) is 13.8. The van der Waals surface area contributed by atoms with E-state index in [4.69, 9.17) is 5.73 Å². The second-order valence-corrected chi connectivity index (χ2v) is 4.54. The molecule has 1 heterocycles. The Balaban J connectivity index is 2.75. The van der Waals surface area contributed by atoms with Crippen LogP contribution in [0.4, 0.5) is 11.5 Å². The van der Waals surface area contributed by atoms with Crippen molar-refractivity contribution in [3.05, 3.63) is 27.9 Å². The Morgan fingerprint density at radius 3 is 2.56 bits per heavy atom. The summed E-state index contributed by atoms with van der Waals surface area (Å²) in [5.41, 5.74) is 6.52. The topological polar surface area (TPSA) is 94.1 Å². The molecular weight excluding hydrogens is 232 g/mol. The molecular formula is C12H20N4O2. The molecule has 0 amide bonds. The number of aromatic nitrogens is 1. The summed E-state index contributed by atoms with van der Waals surface area (Å²) in [4.78, 5) is 14.3. The Morgan fingerprint density at radius 2 is 2.11 bits per heavy atom. The summed E-state index contributed by atoms with van der Waals surface area (Å²) in [6.07, 6.45) is 3.00. The third-order valence-corrected chi connectivity index (χ3v) is 3.31. The number of pyridine rings is 1. The summed E-state index contributed by atoms with van der Waals surface area (Å²) in [6.45, 7) is 6.38. The van der Waals surface area contributed by atoms with Crippen molar-refractivity contribution >= 4 is 11.5 Å². The largest absolute Gasteiger partial charge is 0.368 e. The van der Waals surface area contributed by atoms with E-state index in [0.717, 1.165) is 12.8 Å². The minimum absolute atomic E-state index is 0.0329. The van der Waals surface area contributed by atoms with Crippen molar-refractivity contribution < 1.29 is 4.92 Å². The van der Waals surface area contributed by atoms with Gasteiger partial charge in [-0.2, -0.15) is 0 Å². The van der Waals surface area contributed by atoms with Crippen molar-refractivity contribution in [2.24, 2.45) is 5.73 Å². The molecule has 0 saturated carbocycles. The first-order valence-electron chi connectivity index (χ1n) is 6.05. The monoisotopic (exact) mass is 252 g/mol. The molecule has 100 valence electrons. The van der Waals surface area contributed by atoms with Crippen LogP contribution >= 0.6 is 0 Å². The number of anilines is 1. The van der Waals surface area contributed by atoms with E-state index in [9.17, 15) is 10.1 Å². The van der Waals surface area contributed by atoms with Gasteiger partial charge in [-0.1, -0.05) is 13.8 Å². The molecule has 0 aliphatic heterocycles. The minimum Gasteiger partial charge on any atom is -0.368 e. The fourth-order valence-corrected chi connectivity index (χ4v) is 1.60. The quantitative estimate of drug-likeness (QED) is 0.598. The highest BCUT2D eigenvalue weighted by Gasteiger charge is 2.20. The van der Waals surface area contributed by atoms with E-state index in [1.165, 1.54) is 6.20 Å². The van der Waals surface area contributed by atoms with E-state index in [1.807, 2.05) is 13.8 Å². The first-order valence-corrected chi connectivity index (χ1v) is 6.05. The lowest BCUT2D eigenvalue weighted by atomic mass is 9.94. The van der Waals surface area contributed by atoms with E-state index in [1.54, 1.807) is 13.0 Å². The highest BCUT2D eigenvalue weighted by Crippen LogP contribution is 2.19. The normalized spacial score (nSPS) is 11.3. The van der Waals surface area contributed by atoms with Crippen LogP contribution in [0.3, 0.4) is 0 Å². The predicted octanol–water partition coefficient (Wildman–Crippen LogP) is 2.23. The van der Waals surface area contributed by atoms with Gasteiger partial charge in [-0.15, -0.1) is 0 Å². The van der Waals surface area contributed by atoms with Crippen LogP contribution < -0.4 is 11.1 Å². The average Bonchev–Trinajstić information content (AvgIpc) is 2.35. The van der Waals surface area contributed by atoms with Gasteiger partial charge in [0.2, 0.25) is 0 Å². The van der Waals surface area contributed by atoms with Crippen molar-refractivity contribution in [2.75, 3.05) is 11.9 Å². The zero-order valence-corrected chi connectivity index (χ0v) is 11.1. The van der Waals surface area contributed by atoms with Crippen LogP contribution in [0.2, 0.25) is 0 Å². The van der Waals surface area contributed by atoms with Gasteiger partial charge in [-0.25, -0.2) is 4.98 Å². The van der Waals surface area contributed by atoms with E-state index >= 15 is 0 Å². The van der Waals surface area contributed by atoms with E-state index in [2.05, 4.69) is 10.3 Å². The Bertz CT molecular complexity index is 430. The van der Waals surface area contributed by atoms with Gasteiger partial charge in [-0.3, -0.25) is 10.1 Å². The molecule has 0 saturated heterocycles. The Labute approximate surface area is 107 Å². The molecule has 0 fully saturated rings. The van der Waals surface area contributed by atoms with E-state index < -0.39 is 4.92 Å². The first kappa shape index (κ1) is 14.4. The minimum atomic E-state index is -0.433. The van der Waals surface area contributed by atoms with Gasteiger partial charge in [-0.05, 0) is 25.8 Å². The van der Waals surface area contributed by atoms with E-state index in [0.29, 0.717) is 17.9 Å². The van der Waals surface area contributed by atoms with Gasteiger partial charge in [0.15, 0.2) is 0 Å². The molecule has 0 radical (unpaired) electrons. The lowest BCUT2D eigenvalue weighted by molar-refractivity contribution is -0.385. The molecule has 0 unspecified atom stereocenters. The standard InChI is InChI=1S/C12H20N4O2/c1-4-12(13,5-2)8-15-11-6-9(3)10(7-14-11)16(17)18/h6-7H,4-5,8,13H2,1-3H3,(H,14,15). The molecule has 1 aromatic rings. The fourth-order valence-electron chi connectivity index (χ4n) is 1.60. The summed E-state index contributed by atoms with van der Waals surface area (Å²) < 4.78 is 0. The number of hydrogen-bond acceptors (Lipinski definition) is 5. The highest BCUT2D eigenvalue weighted by molar-refractivity contribution is 5.47. The van der Waals surface area contributed by atoms with Crippen molar-refractivity contribution in [1.29, 1.82) is 0 Å². The number of nitrogens with zero attached hydrogens (tertiary/aromatic N) is 2. The number of nitro groups is 1. The third kappa shape index (κ3) is 3.40. The number of rotatable bonds is 6. The summed E-state index contributed by atoms with van der Waals surface area (Å²) >= 11 is 0. The van der Waals surface area contributed by atoms with Gasteiger partial charge in [0.25, 0.3) is 5.69 Å². The van der Waals surface area contributed by atoms with Crippen LogP contribution in [0.5, 0.6) is 0 Å². The van der Waals surface area contributed by atoms with E-state index in [-0.39, 0.29) is 11.2 Å². The maximum absolute atomic E-state index is 10.7. The lowest BCUT2D eigenvalue weighted by Crippen LogP contribution is -2.45. The van der Waals surface area contributed by atoms with Crippen LogP contribution in [0.15, 0.2) is 12.3 Å². The van der Waals surface area contributed by atoms with Gasteiger partial charge in [0, 0.05) is 17.6 Å². The second-order valence-electron chi connectivity index (χ2n) is 4.54. The molecule has 6 nitrogen and oxygen atoms in total. The van der Waals surface area contributed by atoms with Gasteiger partial charge < -0.3 is 11.1 Å². The predicted molar refractivity (Wildman–Crippen MR) is 71.6 cm³/mol.